The molecule has 112 valence electrons. The molecule has 0 aromatic carbocycles. The van der Waals surface area contributed by atoms with Gasteiger partial charge < -0.3 is 10.6 Å². The molecule has 0 saturated heterocycles. The van der Waals surface area contributed by atoms with Gasteiger partial charge in [-0.3, -0.25) is 0 Å². The van der Waals surface area contributed by atoms with Crippen molar-refractivity contribution in [3.05, 3.63) is 11.8 Å². The van der Waals surface area contributed by atoms with Crippen molar-refractivity contribution in [3.63, 3.8) is 0 Å². The van der Waals surface area contributed by atoms with E-state index in [-0.39, 0.29) is 17.2 Å². The van der Waals surface area contributed by atoms with Crippen LogP contribution in [0.4, 0.5) is 24.9 Å². The van der Waals surface area contributed by atoms with Gasteiger partial charge in [-0.2, -0.15) is 18.2 Å². The van der Waals surface area contributed by atoms with Gasteiger partial charge in [0, 0.05) is 19.7 Å². The maximum absolute atomic E-state index is 12.7. The number of rotatable bonds is 6. The summed E-state index contributed by atoms with van der Waals surface area (Å²) in [6.07, 6.45) is -0.0311. The van der Waals surface area contributed by atoms with Crippen LogP contribution in [0.5, 0.6) is 0 Å². The predicted molar refractivity (Wildman–Crippen MR) is 71.6 cm³/mol. The van der Waals surface area contributed by atoms with Crippen molar-refractivity contribution in [2.45, 2.75) is 38.8 Å². The van der Waals surface area contributed by atoms with Gasteiger partial charge >= 0.3 is 6.18 Å². The van der Waals surface area contributed by atoms with E-state index in [1.807, 2.05) is 0 Å². The molecule has 0 spiro atoms. The van der Waals surface area contributed by atoms with E-state index < -0.39 is 11.9 Å². The van der Waals surface area contributed by atoms with Crippen LogP contribution < -0.4 is 10.6 Å². The Morgan fingerprint density at radius 1 is 1.30 bits per heavy atom. The minimum absolute atomic E-state index is 0.0253. The van der Waals surface area contributed by atoms with Gasteiger partial charge in [-0.05, 0) is 24.7 Å². The van der Waals surface area contributed by atoms with E-state index in [2.05, 4.69) is 27.5 Å². The van der Waals surface area contributed by atoms with Gasteiger partial charge in [0.05, 0.1) is 0 Å². The first-order valence-corrected chi connectivity index (χ1v) is 6.76. The van der Waals surface area contributed by atoms with Crippen molar-refractivity contribution >= 4 is 11.8 Å². The van der Waals surface area contributed by atoms with Crippen LogP contribution in [0.25, 0.3) is 0 Å². The minimum Gasteiger partial charge on any atom is -0.369 e. The lowest BCUT2D eigenvalue weighted by molar-refractivity contribution is -0.141. The van der Waals surface area contributed by atoms with E-state index in [4.69, 9.17) is 0 Å². The maximum atomic E-state index is 12.7. The smallest absolute Gasteiger partial charge is 0.369 e. The number of anilines is 2. The lowest BCUT2D eigenvalue weighted by Crippen LogP contribution is -2.18. The van der Waals surface area contributed by atoms with Crippen LogP contribution in [-0.4, -0.2) is 23.6 Å². The second kappa shape index (κ2) is 5.46. The quantitative estimate of drug-likeness (QED) is 0.840. The van der Waals surface area contributed by atoms with Crippen LogP contribution in [0.1, 0.15) is 38.3 Å². The normalized spacial score (nSPS) is 16.9. The van der Waals surface area contributed by atoms with Gasteiger partial charge in [0.15, 0.2) is 5.69 Å². The first-order chi connectivity index (χ1) is 9.38. The van der Waals surface area contributed by atoms with Crippen LogP contribution in [0.15, 0.2) is 6.07 Å². The summed E-state index contributed by atoms with van der Waals surface area (Å²) in [5.41, 5.74) is -0.683. The molecule has 20 heavy (non-hydrogen) atoms. The van der Waals surface area contributed by atoms with Crippen molar-refractivity contribution in [3.8, 4) is 0 Å². The highest BCUT2D eigenvalue weighted by Crippen LogP contribution is 2.49. The summed E-state index contributed by atoms with van der Waals surface area (Å²) in [4.78, 5) is 7.46. The zero-order valence-electron chi connectivity index (χ0n) is 11.6. The molecule has 1 aliphatic carbocycles. The van der Waals surface area contributed by atoms with Gasteiger partial charge in [-0.15, -0.1) is 0 Å². The third-order valence-corrected chi connectivity index (χ3v) is 3.62. The number of nitrogens with zero attached hydrogens (tertiary/aromatic N) is 2. The van der Waals surface area contributed by atoms with Crippen LogP contribution in [0.3, 0.4) is 0 Å². The highest BCUT2D eigenvalue weighted by Gasteiger charge is 2.41. The molecule has 1 saturated carbocycles. The Bertz CT molecular complexity index is 469. The van der Waals surface area contributed by atoms with Crippen molar-refractivity contribution in [2.75, 3.05) is 24.2 Å². The van der Waals surface area contributed by atoms with Crippen molar-refractivity contribution < 1.29 is 13.2 Å². The van der Waals surface area contributed by atoms with E-state index in [9.17, 15) is 13.2 Å². The Balaban J connectivity index is 2.11. The topological polar surface area (TPSA) is 49.8 Å². The highest BCUT2D eigenvalue weighted by atomic mass is 19.4. The van der Waals surface area contributed by atoms with Crippen molar-refractivity contribution in [1.29, 1.82) is 0 Å². The zero-order valence-corrected chi connectivity index (χ0v) is 11.6. The molecule has 0 atom stereocenters. The van der Waals surface area contributed by atoms with Gasteiger partial charge in [-0.1, -0.05) is 13.3 Å². The summed E-state index contributed by atoms with van der Waals surface area (Å²) in [5, 5.41) is 5.58. The molecule has 1 fully saturated rings. The van der Waals surface area contributed by atoms with Crippen LogP contribution in [0, 0.1) is 5.41 Å². The first-order valence-electron chi connectivity index (χ1n) is 6.76. The molecule has 7 heteroatoms. The second-order valence-electron chi connectivity index (χ2n) is 5.31. The number of aromatic nitrogens is 2. The fraction of sp³-hybridized carbons (Fsp3) is 0.692. The second-order valence-corrected chi connectivity index (χ2v) is 5.31. The third-order valence-electron chi connectivity index (χ3n) is 3.62. The minimum atomic E-state index is -4.47. The molecule has 1 heterocycles. The Morgan fingerprint density at radius 3 is 2.50 bits per heavy atom. The summed E-state index contributed by atoms with van der Waals surface area (Å²) in [7, 11) is 1.50. The Morgan fingerprint density at radius 2 is 2.00 bits per heavy atom. The summed E-state index contributed by atoms with van der Waals surface area (Å²) in [5.74, 6) is 0.196. The Kier molecular flexibility index (Phi) is 4.06. The predicted octanol–water partition coefficient (Wildman–Crippen LogP) is 3.53. The molecule has 1 aromatic heterocycles. The van der Waals surface area contributed by atoms with E-state index in [0.717, 1.165) is 31.7 Å². The van der Waals surface area contributed by atoms with Gasteiger partial charge in [0.25, 0.3) is 0 Å². The van der Waals surface area contributed by atoms with E-state index in [1.165, 1.54) is 7.05 Å². The fourth-order valence-electron chi connectivity index (χ4n) is 2.30. The Labute approximate surface area is 116 Å². The molecule has 1 aromatic rings. The van der Waals surface area contributed by atoms with Crippen LogP contribution in [-0.2, 0) is 6.18 Å². The van der Waals surface area contributed by atoms with Gasteiger partial charge in [0.1, 0.15) is 5.82 Å². The van der Waals surface area contributed by atoms with E-state index in [0.29, 0.717) is 6.54 Å². The summed E-state index contributed by atoms with van der Waals surface area (Å²) >= 11 is 0. The average Bonchev–Trinajstić information content (AvgIpc) is 3.16. The molecule has 0 radical (unpaired) electrons. The molecule has 0 aliphatic heterocycles. The number of hydrogen-bond acceptors (Lipinski definition) is 4. The molecular weight excluding hydrogens is 269 g/mol. The molecule has 0 amide bonds. The van der Waals surface area contributed by atoms with E-state index >= 15 is 0 Å². The average molecular weight is 288 g/mol. The number of nitrogens with one attached hydrogen (secondary N) is 2. The number of halogens is 3. The van der Waals surface area contributed by atoms with Crippen molar-refractivity contribution in [1.82, 2.24) is 9.97 Å². The Hall–Kier alpha value is -1.53. The third kappa shape index (κ3) is 3.52. The van der Waals surface area contributed by atoms with Crippen LogP contribution in [0.2, 0.25) is 0 Å². The number of alkyl halides is 3. The monoisotopic (exact) mass is 288 g/mol. The highest BCUT2D eigenvalue weighted by molar-refractivity contribution is 5.43. The van der Waals surface area contributed by atoms with Gasteiger partial charge in [-0.25, -0.2) is 4.98 Å². The fourth-order valence-corrected chi connectivity index (χ4v) is 2.30. The summed E-state index contributed by atoms with van der Waals surface area (Å²) < 4.78 is 38.2. The molecule has 2 rings (SSSR count). The molecule has 1 aliphatic rings. The first kappa shape index (κ1) is 14.9. The van der Waals surface area contributed by atoms with Crippen LogP contribution >= 0.6 is 0 Å². The van der Waals surface area contributed by atoms with E-state index in [1.54, 1.807) is 0 Å². The summed E-state index contributed by atoms with van der Waals surface area (Å²) in [6.45, 7) is 2.78. The van der Waals surface area contributed by atoms with Crippen molar-refractivity contribution in [2.24, 2.45) is 5.41 Å². The molecule has 2 N–H and O–H groups in total. The number of hydrogen-bond donors (Lipinski definition) is 2. The standard InChI is InChI=1S/C13H19F3N4/c1-3-4-12(5-6-12)8-18-10-7-9(13(14,15)16)19-11(17-2)20-10/h7H,3-6,8H2,1-2H3,(H2,17,18,19,20). The van der Waals surface area contributed by atoms with Gasteiger partial charge in [0.2, 0.25) is 5.95 Å². The lowest BCUT2D eigenvalue weighted by atomic mass is 10.0. The molecule has 0 unspecified atom stereocenters. The summed E-state index contributed by atoms with van der Waals surface area (Å²) in [6, 6.07) is 0.961. The molecule has 4 nitrogen and oxygen atoms in total. The zero-order chi connectivity index (χ0) is 14.8. The molecular formula is C13H19F3N4. The molecule has 0 bridgehead atoms. The lowest BCUT2D eigenvalue weighted by Gasteiger charge is -2.16. The SMILES string of the molecule is CCCC1(CNc2cc(C(F)(F)F)nc(NC)n2)CC1. The largest absolute Gasteiger partial charge is 0.433 e. The maximum Gasteiger partial charge on any atom is 0.433 e.